The number of aryl methyl sites for hydroxylation is 2. The highest BCUT2D eigenvalue weighted by Gasteiger charge is 2.09. The summed E-state index contributed by atoms with van der Waals surface area (Å²) in [5.74, 6) is 0. The van der Waals surface area contributed by atoms with Crippen molar-refractivity contribution in [3.05, 3.63) is 34.4 Å². The van der Waals surface area contributed by atoms with Crippen LogP contribution in [0.3, 0.4) is 0 Å². The summed E-state index contributed by atoms with van der Waals surface area (Å²) in [5, 5.41) is -0.815. The van der Waals surface area contributed by atoms with Gasteiger partial charge in [-0.3, -0.25) is 9.59 Å². The van der Waals surface area contributed by atoms with Gasteiger partial charge in [0.25, 0.3) is 0 Å². The van der Waals surface area contributed by atoms with Crippen molar-refractivity contribution in [2.45, 2.75) is 26.7 Å². The first-order chi connectivity index (χ1) is 7.40. The highest BCUT2D eigenvalue weighted by molar-refractivity contribution is 6.64. The zero-order valence-corrected chi connectivity index (χ0v) is 10.7. The maximum absolute atomic E-state index is 10.9. The van der Waals surface area contributed by atoms with Crippen LogP contribution >= 0.6 is 23.2 Å². The molecule has 0 saturated carbocycles. The zero-order chi connectivity index (χ0) is 12.3. The summed E-state index contributed by atoms with van der Waals surface area (Å²) >= 11 is 10.7. The Morgan fingerprint density at radius 1 is 0.938 bits per heavy atom. The molecule has 0 aliphatic carbocycles. The first-order valence-electron chi connectivity index (χ1n) is 4.86. The largest absolute Gasteiger partial charge is 0.281 e. The van der Waals surface area contributed by atoms with Gasteiger partial charge in [-0.1, -0.05) is 12.1 Å². The second-order valence-electron chi connectivity index (χ2n) is 3.77. The van der Waals surface area contributed by atoms with Crippen molar-refractivity contribution in [3.63, 3.8) is 0 Å². The number of hydrogen-bond donors (Lipinski definition) is 0. The third kappa shape index (κ3) is 3.62. The molecule has 0 N–H and O–H groups in total. The van der Waals surface area contributed by atoms with Crippen molar-refractivity contribution < 1.29 is 9.59 Å². The third-order valence-electron chi connectivity index (χ3n) is 2.45. The fourth-order valence-corrected chi connectivity index (χ4v) is 1.92. The molecule has 0 saturated heterocycles. The lowest BCUT2D eigenvalue weighted by Gasteiger charge is -2.09. The monoisotopic (exact) mass is 258 g/mol. The van der Waals surface area contributed by atoms with E-state index in [2.05, 4.69) is 0 Å². The molecule has 0 spiro atoms. The van der Waals surface area contributed by atoms with Gasteiger partial charge in [-0.05, 0) is 59.3 Å². The minimum Gasteiger partial charge on any atom is -0.281 e. The lowest BCUT2D eigenvalue weighted by atomic mass is 9.97. The predicted octanol–water partition coefficient (Wildman–Crippen LogP) is 2.92. The second-order valence-corrected chi connectivity index (χ2v) is 4.61. The van der Waals surface area contributed by atoms with Crippen molar-refractivity contribution in [1.29, 1.82) is 0 Å². The molecule has 0 aliphatic heterocycles. The summed E-state index contributed by atoms with van der Waals surface area (Å²) in [6.07, 6.45) is 0.355. The maximum atomic E-state index is 10.9. The normalized spacial score (nSPS) is 10.2. The van der Waals surface area contributed by atoms with E-state index in [0.717, 1.165) is 22.3 Å². The van der Waals surface area contributed by atoms with E-state index in [9.17, 15) is 9.59 Å². The number of halogens is 2. The molecule has 1 aromatic rings. The second kappa shape index (κ2) is 5.46. The Morgan fingerprint density at radius 2 is 1.31 bits per heavy atom. The van der Waals surface area contributed by atoms with Gasteiger partial charge in [0.1, 0.15) is 0 Å². The molecular formula is C12H12Cl2O2. The van der Waals surface area contributed by atoms with Crippen LogP contribution in [0.2, 0.25) is 0 Å². The average molecular weight is 259 g/mol. The number of hydrogen-bond acceptors (Lipinski definition) is 2. The summed E-state index contributed by atoms with van der Waals surface area (Å²) < 4.78 is 0. The first-order valence-corrected chi connectivity index (χ1v) is 5.61. The third-order valence-corrected chi connectivity index (χ3v) is 2.72. The molecule has 2 nitrogen and oxygen atoms in total. The van der Waals surface area contributed by atoms with Crippen LogP contribution in [0, 0.1) is 13.8 Å². The Labute approximate surface area is 105 Å². The number of carbonyl (C=O) groups is 2. The van der Waals surface area contributed by atoms with Gasteiger partial charge in [-0.2, -0.15) is 0 Å². The summed E-state index contributed by atoms with van der Waals surface area (Å²) in [6.45, 7) is 3.82. The van der Waals surface area contributed by atoms with E-state index < -0.39 is 10.5 Å². The van der Waals surface area contributed by atoms with Crippen molar-refractivity contribution >= 4 is 33.7 Å². The van der Waals surface area contributed by atoms with Crippen LogP contribution in [0.5, 0.6) is 0 Å². The molecule has 0 aliphatic rings. The van der Waals surface area contributed by atoms with E-state index in [1.807, 2.05) is 26.0 Å². The Bertz CT molecular complexity index is 402. The van der Waals surface area contributed by atoms with Crippen molar-refractivity contribution in [2.24, 2.45) is 0 Å². The summed E-state index contributed by atoms with van der Waals surface area (Å²) in [6, 6.07) is 3.76. The van der Waals surface area contributed by atoms with Crippen LogP contribution in [0.25, 0.3) is 0 Å². The summed E-state index contributed by atoms with van der Waals surface area (Å²) in [5.41, 5.74) is 3.69. The van der Waals surface area contributed by atoms with Gasteiger partial charge in [-0.25, -0.2) is 0 Å². The van der Waals surface area contributed by atoms with Crippen LogP contribution < -0.4 is 0 Å². The standard InChI is InChI=1S/C12H12Cl2O2/c1-7-3-8(2)10(6-12(14)16)4-9(7)5-11(13)15/h3-4H,5-6H2,1-2H3. The molecule has 0 aromatic heterocycles. The van der Waals surface area contributed by atoms with Gasteiger partial charge in [0.2, 0.25) is 10.5 Å². The van der Waals surface area contributed by atoms with Crippen LogP contribution in [-0.4, -0.2) is 10.5 Å². The maximum Gasteiger partial charge on any atom is 0.226 e. The molecule has 0 unspecified atom stereocenters. The first kappa shape index (κ1) is 13.2. The molecule has 0 amide bonds. The lowest BCUT2D eigenvalue weighted by molar-refractivity contribution is -0.111. The minimum atomic E-state index is -0.407. The summed E-state index contributed by atoms with van der Waals surface area (Å²) in [4.78, 5) is 21.7. The van der Waals surface area contributed by atoms with E-state index in [4.69, 9.17) is 23.2 Å². The van der Waals surface area contributed by atoms with E-state index in [0.29, 0.717) is 0 Å². The Morgan fingerprint density at radius 3 is 1.62 bits per heavy atom. The van der Waals surface area contributed by atoms with E-state index in [1.54, 1.807) is 0 Å². The Hall–Kier alpha value is -0.860. The number of benzene rings is 1. The van der Waals surface area contributed by atoms with Crippen molar-refractivity contribution in [3.8, 4) is 0 Å². The molecule has 0 heterocycles. The highest BCUT2D eigenvalue weighted by Crippen LogP contribution is 2.18. The molecule has 0 radical (unpaired) electrons. The fraction of sp³-hybridized carbons (Fsp3) is 0.333. The van der Waals surface area contributed by atoms with Crippen LogP contribution in [0.1, 0.15) is 22.3 Å². The van der Waals surface area contributed by atoms with E-state index in [-0.39, 0.29) is 12.8 Å². The molecule has 0 atom stereocenters. The lowest BCUT2D eigenvalue weighted by Crippen LogP contribution is -2.02. The van der Waals surface area contributed by atoms with Crippen LogP contribution in [0.15, 0.2) is 12.1 Å². The van der Waals surface area contributed by atoms with E-state index >= 15 is 0 Å². The molecule has 16 heavy (non-hydrogen) atoms. The van der Waals surface area contributed by atoms with E-state index in [1.165, 1.54) is 0 Å². The SMILES string of the molecule is Cc1cc(C)c(CC(=O)Cl)cc1CC(=O)Cl. The average Bonchev–Trinajstić information content (AvgIpc) is 2.11. The van der Waals surface area contributed by atoms with Gasteiger partial charge >= 0.3 is 0 Å². The fourth-order valence-electron chi connectivity index (χ4n) is 1.63. The molecule has 0 bridgehead atoms. The van der Waals surface area contributed by atoms with Gasteiger partial charge in [0.05, 0.1) is 0 Å². The van der Waals surface area contributed by atoms with Gasteiger partial charge in [-0.15, -0.1) is 0 Å². The zero-order valence-electron chi connectivity index (χ0n) is 9.14. The summed E-state index contributed by atoms with van der Waals surface area (Å²) in [7, 11) is 0. The van der Waals surface area contributed by atoms with Gasteiger partial charge < -0.3 is 0 Å². The molecular weight excluding hydrogens is 247 g/mol. The number of rotatable bonds is 4. The molecule has 86 valence electrons. The van der Waals surface area contributed by atoms with Crippen molar-refractivity contribution in [1.82, 2.24) is 0 Å². The quantitative estimate of drug-likeness (QED) is 0.779. The Kier molecular flexibility index (Phi) is 4.51. The number of carbonyl (C=O) groups excluding carboxylic acids is 2. The molecule has 0 fully saturated rings. The molecule has 4 heteroatoms. The van der Waals surface area contributed by atoms with Gasteiger partial charge in [0.15, 0.2) is 0 Å². The topological polar surface area (TPSA) is 34.1 Å². The molecule has 1 rings (SSSR count). The predicted molar refractivity (Wildman–Crippen MR) is 65.0 cm³/mol. The minimum absolute atomic E-state index is 0.178. The molecule has 1 aromatic carbocycles. The van der Waals surface area contributed by atoms with Crippen LogP contribution in [-0.2, 0) is 22.4 Å². The van der Waals surface area contributed by atoms with Gasteiger partial charge in [0, 0.05) is 12.8 Å². The smallest absolute Gasteiger partial charge is 0.226 e. The Balaban J connectivity index is 3.10. The highest BCUT2D eigenvalue weighted by atomic mass is 35.5. The van der Waals surface area contributed by atoms with Crippen molar-refractivity contribution in [2.75, 3.05) is 0 Å². The van der Waals surface area contributed by atoms with Crippen LogP contribution in [0.4, 0.5) is 0 Å².